The molecule has 0 aliphatic rings. The summed E-state index contributed by atoms with van der Waals surface area (Å²) < 4.78 is 18.7. The summed E-state index contributed by atoms with van der Waals surface area (Å²) in [6.07, 6.45) is 0. The lowest BCUT2D eigenvalue weighted by Gasteiger charge is -2.31. The van der Waals surface area contributed by atoms with Crippen molar-refractivity contribution in [2.45, 2.75) is 12.6 Å². The van der Waals surface area contributed by atoms with Gasteiger partial charge in [0.05, 0.1) is 0 Å². The molecule has 0 fully saturated rings. The first-order chi connectivity index (χ1) is 15.6. The molecule has 3 aromatic carbocycles. The zero-order chi connectivity index (χ0) is 22.3. The third-order valence-corrected chi connectivity index (χ3v) is 5.35. The molecule has 8 heteroatoms. The number of anilines is 1. The summed E-state index contributed by atoms with van der Waals surface area (Å²) in [6, 6.07) is 22.7. The number of rotatable bonds is 7. The van der Waals surface area contributed by atoms with E-state index in [-0.39, 0.29) is 17.8 Å². The minimum absolute atomic E-state index is 0.0797. The van der Waals surface area contributed by atoms with Gasteiger partial charge in [0.1, 0.15) is 11.9 Å². The number of halogens is 1. The van der Waals surface area contributed by atoms with Crippen molar-refractivity contribution in [3.63, 3.8) is 0 Å². The van der Waals surface area contributed by atoms with E-state index in [4.69, 9.17) is 0 Å². The summed E-state index contributed by atoms with van der Waals surface area (Å²) >= 11 is 1.02. The predicted octanol–water partition coefficient (Wildman–Crippen LogP) is 4.38. The molecule has 32 heavy (non-hydrogen) atoms. The Balaban J connectivity index is 1.77. The number of benzene rings is 3. The molecule has 1 N–H and O–H groups in total. The number of hydrogen-bond donors (Lipinski definition) is 1. The molecule has 6 nitrogen and oxygen atoms in total. The lowest BCUT2D eigenvalue weighted by Crippen LogP contribution is -2.44. The molecule has 0 spiro atoms. The molecule has 1 atom stereocenters. The summed E-state index contributed by atoms with van der Waals surface area (Å²) in [6.45, 7) is 0.236. The van der Waals surface area contributed by atoms with Crippen LogP contribution in [0.2, 0.25) is 0 Å². The topological polar surface area (TPSA) is 75.2 Å². The first-order valence-electron chi connectivity index (χ1n) is 9.87. The molecule has 160 valence electrons. The monoisotopic (exact) mass is 446 g/mol. The van der Waals surface area contributed by atoms with Gasteiger partial charge in [-0.3, -0.25) is 14.5 Å². The standard InChI is InChI=1S/C24H19FN4O2S/c25-20-14-8-7-13-19(20)22(23(30)26-15-17-9-3-1-4-10-17)29(18-11-5-2-6-12-18)24(31)21-16-32-28-27-21/h1-14,16,22H,15H2,(H,26,30)/t22-/m0/s1. The van der Waals surface area contributed by atoms with Crippen molar-refractivity contribution >= 4 is 29.0 Å². The highest BCUT2D eigenvalue weighted by atomic mass is 32.1. The van der Waals surface area contributed by atoms with E-state index in [0.29, 0.717) is 5.69 Å². The van der Waals surface area contributed by atoms with Gasteiger partial charge in [-0.25, -0.2) is 4.39 Å². The molecule has 1 aromatic heterocycles. The summed E-state index contributed by atoms with van der Waals surface area (Å²) in [5.74, 6) is -1.65. The van der Waals surface area contributed by atoms with Gasteiger partial charge in [0.2, 0.25) is 5.91 Å². The normalized spacial score (nSPS) is 11.5. The molecule has 0 saturated heterocycles. The van der Waals surface area contributed by atoms with E-state index < -0.39 is 23.7 Å². The highest BCUT2D eigenvalue weighted by Crippen LogP contribution is 2.31. The molecular formula is C24H19FN4O2S. The van der Waals surface area contributed by atoms with Crippen LogP contribution in [0.15, 0.2) is 90.3 Å². The van der Waals surface area contributed by atoms with E-state index in [2.05, 4.69) is 14.9 Å². The molecule has 0 radical (unpaired) electrons. The predicted molar refractivity (Wildman–Crippen MR) is 121 cm³/mol. The average molecular weight is 447 g/mol. The first-order valence-corrected chi connectivity index (χ1v) is 10.7. The number of aromatic nitrogens is 2. The Hall–Kier alpha value is -3.91. The number of nitrogens with zero attached hydrogens (tertiary/aromatic N) is 3. The lowest BCUT2D eigenvalue weighted by atomic mass is 10.0. The number of hydrogen-bond acceptors (Lipinski definition) is 5. The van der Waals surface area contributed by atoms with Gasteiger partial charge in [-0.15, -0.1) is 5.10 Å². The first kappa shape index (κ1) is 21.3. The Morgan fingerprint density at radius 1 is 0.938 bits per heavy atom. The maximum absolute atomic E-state index is 14.9. The van der Waals surface area contributed by atoms with Gasteiger partial charge in [-0.1, -0.05) is 71.2 Å². The summed E-state index contributed by atoms with van der Waals surface area (Å²) in [7, 11) is 0. The van der Waals surface area contributed by atoms with Crippen LogP contribution in [0.3, 0.4) is 0 Å². The van der Waals surface area contributed by atoms with E-state index >= 15 is 0 Å². The van der Waals surface area contributed by atoms with E-state index in [1.807, 2.05) is 30.3 Å². The van der Waals surface area contributed by atoms with Crippen LogP contribution in [0.25, 0.3) is 0 Å². The number of nitrogens with one attached hydrogen (secondary N) is 1. The van der Waals surface area contributed by atoms with Crippen LogP contribution in [0, 0.1) is 5.82 Å². The van der Waals surface area contributed by atoms with Crippen molar-refractivity contribution in [1.29, 1.82) is 0 Å². The van der Waals surface area contributed by atoms with Crippen LogP contribution in [0.5, 0.6) is 0 Å². The molecule has 0 saturated carbocycles. The largest absolute Gasteiger partial charge is 0.350 e. The minimum atomic E-state index is -1.25. The Bertz CT molecular complexity index is 1190. The molecule has 0 aliphatic carbocycles. The van der Waals surface area contributed by atoms with Gasteiger partial charge in [-0.05, 0) is 35.3 Å². The number of amides is 2. The van der Waals surface area contributed by atoms with Crippen molar-refractivity contribution in [3.8, 4) is 0 Å². The van der Waals surface area contributed by atoms with Gasteiger partial charge in [0.15, 0.2) is 5.69 Å². The van der Waals surface area contributed by atoms with Gasteiger partial charge in [0.25, 0.3) is 5.91 Å². The van der Waals surface area contributed by atoms with Crippen LogP contribution in [0.4, 0.5) is 10.1 Å². The molecule has 0 unspecified atom stereocenters. The van der Waals surface area contributed by atoms with Gasteiger partial charge < -0.3 is 5.32 Å². The van der Waals surface area contributed by atoms with E-state index in [9.17, 15) is 14.0 Å². The molecule has 2 amide bonds. The number of para-hydroxylation sites is 1. The zero-order valence-corrected chi connectivity index (χ0v) is 17.7. The quantitative estimate of drug-likeness (QED) is 0.457. The number of carbonyl (C=O) groups excluding carboxylic acids is 2. The fraction of sp³-hybridized carbons (Fsp3) is 0.0833. The Kier molecular flexibility index (Phi) is 6.62. The summed E-state index contributed by atoms with van der Waals surface area (Å²) in [4.78, 5) is 28.2. The lowest BCUT2D eigenvalue weighted by molar-refractivity contribution is -0.122. The van der Waals surface area contributed by atoms with Gasteiger partial charge in [-0.2, -0.15) is 0 Å². The van der Waals surface area contributed by atoms with Crippen LogP contribution in [0.1, 0.15) is 27.7 Å². The Labute approximate surface area is 188 Å². The van der Waals surface area contributed by atoms with Crippen LogP contribution in [-0.4, -0.2) is 21.4 Å². The average Bonchev–Trinajstić information content (AvgIpc) is 3.38. The Morgan fingerprint density at radius 3 is 2.25 bits per heavy atom. The van der Waals surface area contributed by atoms with E-state index in [1.54, 1.807) is 36.4 Å². The van der Waals surface area contributed by atoms with E-state index in [1.165, 1.54) is 28.5 Å². The highest BCUT2D eigenvalue weighted by Gasteiger charge is 2.35. The van der Waals surface area contributed by atoms with Crippen LogP contribution >= 0.6 is 11.5 Å². The van der Waals surface area contributed by atoms with Crippen molar-refractivity contribution in [2.24, 2.45) is 0 Å². The smallest absolute Gasteiger partial charge is 0.280 e. The fourth-order valence-electron chi connectivity index (χ4n) is 3.33. The highest BCUT2D eigenvalue weighted by molar-refractivity contribution is 7.03. The second-order valence-electron chi connectivity index (χ2n) is 6.93. The van der Waals surface area contributed by atoms with Crippen molar-refractivity contribution in [1.82, 2.24) is 14.9 Å². The molecule has 1 heterocycles. The summed E-state index contributed by atoms with van der Waals surface area (Å²) in [5.41, 5.74) is 1.48. The van der Waals surface area contributed by atoms with E-state index in [0.717, 1.165) is 17.1 Å². The number of carbonyl (C=O) groups is 2. The molecule has 0 aliphatic heterocycles. The fourth-order valence-corrected chi connectivity index (χ4v) is 3.76. The zero-order valence-electron chi connectivity index (χ0n) is 16.9. The van der Waals surface area contributed by atoms with Gasteiger partial charge >= 0.3 is 0 Å². The van der Waals surface area contributed by atoms with Crippen molar-refractivity contribution in [3.05, 3.63) is 113 Å². The Morgan fingerprint density at radius 2 is 1.59 bits per heavy atom. The molecular weight excluding hydrogens is 427 g/mol. The van der Waals surface area contributed by atoms with Crippen LogP contribution < -0.4 is 10.2 Å². The van der Waals surface area contributed by atoms with Crippen LogP contribution in [-0.2, 0) is 11.3 Å². The maximum atomic E-state index is 14.9. The molecule has 0 bridgehead atoms. The third-order valence-electron chi connectivity index (χ3n) is 4.85. The van der Waals surface area contributed by atoms with Crippen molar-refractivity contribution in [2.75, 3.05) is 4.90 Å². The summed E-state index contributed by atoms with van der Waals surface area (Å²) in [5, 5.41) is 8.21. The molecule has 4 rings (SSSR count). The second-order valence-corrected chi connectivity index (χ2v) is 7.54. The van der Waals surface area contributed by atoms with Gasteiger partial charge in [0, 0.05) is 23.2 Å². The van der Waals surface area contributed by atoms with Crippen molar-refractivity contribution < 1.29 is 14.0 Å². The minimum Gasteiger partial charge on any atom is -0.350 e. The second kappa shape index (κ2) is 9.93. The SMILES string of the molecule is O=C(NCc1ccccc1)[C@H](c1ccccc1F)N(C(=O)c1csnn1)c1ccccc1. The molecule has 4 aromatic rings. The maximum Gasteiger partial charge on any atom is 0.280 e. The third kappa shape index (κ3) is 4.70.